The summed E-state index contributed by atoms with van der Waals surface area (Å²) in [6.45, 7) is 6.27. The van der Waals surface area contributed by atoms with Crippen molar-refractivity contribution in [3.8, 4) is 0 Å². The molecule has 0 aliphatic carbocycles. The monoisotopic (exact) mass is 312 g/mol. The molecule has 1 rings (SSSR count). The summed E-state index contributed by atoms with van der Waals surface area (Å²) in [5, 5.41) is 12.3. The van der Waals surface area contributed by atoms with Crippen LogP contribution in [0.15, 0.2) is 18.2 Å². The molecule has 0 aromatic heterocycles. The first-order chi connectivity index (χ1) is 9.77. The van der Waals surface area contributed by atoms with E-state index in [1.807, 2.05) is 20.8 Å². The third-order valence-electron chi connectivity index (χ3n) is 2.81. The number of hydrogen-bond acceptors (Lipinski definition) is 3. The van der Waals surface area contributed by atoms with Crippen molar-refractivity contribution in [2.75, 3.05) is 25.0 Å². The third-order valence-corrected chi connectivity index (χ3v) is 3.05. The van der Waals surface area contributed by atoms with E-state index in [-0.39, 0.29) is 24.9 Å². The first-order valence-electron chi connectivity index (χ1n) is 6.78. The van der Waals surface area contributed by atoms with Gasteiger partial charge in [0.2, 0.25) is 5.91 Å². The molecule has 1 aromatic carbocycles. The van der Waals surface area contributed by atoms with Crippen molar-refractivity contribution in [2.24, 2.45) is 5.92 Å². The Bertz CT molecular complexity index is 518. The van der Waals surface area contributed by atoms with Crippen LogP contribution in [0.25, 0.3) is 0 Å². The van der Waals surface area contributed by atoms with Crippen molar-refractivity contribution in [3.05, 3.63) is 28.8 Å². The number of benzene rings is 1. The van der Waals surface area contributed by atoms with Crippen molar-refractivity contribution in [3.63, 3.8) is 0 Å². The number of amides is 1. The van der Waals surface area contributed by atoms with Gasteiger partial charge in [0.05, 0.1) is 13.1 Å². The molecule has 0 aliphatic heterocycles. The molecule has 5 nitrogen and oxygen atoms in total. The summed E-state index contributed by atoms with van der Waals surface area (Å²) in [5.41, 5.74) is 1.55. The second-order valence-corrected chi connectivity index (χ2v) is 5.90. The van der Waals surface area contributed by atoms with Crippen LogP contribution in [0.1, 0.15) is 19.4 Å². The molecule has 0 saturated carbocycles. The highest BCUT2D eigenvalue weighted by Crippen LogP contribution is 2.19. The van der Waals surface area contributed by atoms with Gasteiger partial charge in [0, 0.05) is 17.3 Å². The van der Waals surface area contributed by atoms with Crippen LogP contribution in [-0.4, -0.2) is 41.5 Å². The third kappa shape index (κ3) is 6.60. The Balaban J connectivity index is 2.66. The van der Waals surface area contributed by atoms with Crippen molar-refractivity contribution < 1.29 is 14.7 Å². The Labute approximate surface area is 129 Å². The summed E-state index contributed by atoms with van der Waals surface area (Å²) >= 11 is 5.87. The predicted molar refractivity (Wildman–Crippen MR) is 83.7 cm³/mol. The Morgan fingerprint density at radius 3 is 2.52 bits per heavy atom. The van der Waals surface area contributed by atoms with Gasteiger partial charge in [-0.25, -0.2) is 0 Å². The molecule has 0 atom stereocenters. The maximum absolute atomic E-state index is 12.0. The zero-order valence-electron chi connectivity index (χ0n) is 12.5. The van der Waals surface area contributed by atoms with E-state index in [2.05, 4.69) is 5.32 Å². The normalized spacial score (nSPS) is 11.0. The molecule has 0 radical (unpaired) electrons. The minimum absolute atomic E-state index is 0.0482. The maximum Gasteiger partial charge on any atom is 0.317 e. The van der Waals surface area contributed by atoms with E-state index in [1.165, 1.54) is 0 Å². The van der Waals surface area contributed by atoms with Gasteiger partial charge in [-0.05, 0) is 36.6 Å². The molecule has 6 heteroatoms. The Morgan fingerprint density at radius 2 is 2.00 bits per heavy atom. The minimum Gasteiger partial charge on any atom is -0.480 e. The van der Waals surface area contributed by atoms with Crippen LogP contribution < -0.4 is 5.32 Å². The van der Waals surface area contributed by atoms with Gasteiger partial charge in [-0.3, -0.25) is 14.5 Å². The fraction of sp³-hybridized carbons (Fsp3) is 0.467. The second-order valence-electron chi connectivity index (χ2n) is 5.46. The van der Waals surface area contributed by atoms with Crippen LogP contribution in [0, 0.1) is 12.8 Å². The number of aryl methyl sites for hydroxylation is 1. The van der Waals surface area contributed by atoms with E-state index in [9.17, 15) is 9.59 Å². The molecule has 21 heavy (non-hydrogen) atoms. The van der Waals surface area contributed by atoms with E-state index in [1.54, 1.807) is 23.1 Å². The van der Waals surface area contributed by atoms with Crippen LogP contribution in [0.4, 0.5) is 5.69 Å². The predicted octanol–water partition coefficient (Wildman–Crippen LogP) is 2.63. The van der Waals surface area contributed by atoms with Gasteiger partial charge in [0.25, 0.3) is 0 Å². The smallest absolute Gasteiger partial charge is 0.317 e. The maximum atomic E-state index is 12.0. The van der Waals surface area contributed by atoms with Crippen LogP contribution in [-0.2, 0) is 9.59 Å². The number of aliphatic carboxylic acids is 1. The summed E-state index contributed by atoms with van der Waals surface area (Å²) in [6, 6.07) is 5.20. The zero-order valence-corrected chi connectivity index (χ0v) is 13.3. The minimum atomic E-state index is -0.939. The highest BCUT2D eigenvalue weighted by molar-refractivity contribution is 6.30. The SMILES string of the molecule is Cc1cc(Cl)ccc1NC(=O)CN(CC(=O)O)CC(C)C. The van der Waals surface area contributed by atoms with Gasteiger partial charge < -0.3 is 10.4 Å². The zero-order chi connectivity index (χ0) is 16.0. The first kappa shape index (κ1) is 17.5. The van der Waals surface area contributed by atoms with Gasteiger partial charge in [0.15, 0.2) is 0 Å². The molecular formula is C15H21ClN2O3. The number of carboxylic acid groups (broad SMARTS) is 1. The quantitative estimate of drug-likeness (QED) is 0.812. The molecule has 116 valence electrons. The topological polar surface area (TPSA) is 69.6 Å². The fourth-order valence-electron chi connectivity index (χ4n) is 2.05. The lowest BCUT2D eigenvalue weighted by molar-refractivity contribution is -0.138. The number of halogens is 1. The van der Waals surface area contributed by atoms with Crippen molar-refractivity contribution >= 4 is 29.2 Å². The van der Waals surface area contributed by atoms with E-state index < -0.39 is 5.97 Å². The highest BCUT2D eigenvalue weighted by Gasteiger charge is 2.15. The summed E-state index contributed by atoms with van der Waals surface area (Å²) in [6.07, 6.45) is 0. The lowest BCUT2D eigenvalue weighted by atomic mass is 10.2. The van der Waals surface area contributed by atoms with E-state index in [0.717, 1.165) is 5.56 Å². The average molecular weight is 313 g/mol. The molecule has 0 spiro atoms. The fourth-order valence-corrected chi connectivity index (χ4v) is 2.28. The number of nitrogens with zero attached hydrogens (tertiary/aromatic N) is 1. The molecule has 0 fully saturated rings. The Morgan fingerprint density at radius 1 is 1.33 bits per heavy atom. The molecular weight excluding hydrogens is 292 g/mol. The average Bonchev–Trinajstić information content (AvgIpc) is 2.30. The number of carboxylic acids is 1. The van der Waals surface area contributed by atoms with Crippen molar-refractivity contribution in [1.82, 2.24) is 4.90 Å². The van der Waals surface area contributed by atoms with Crippen LogP contribution in [0.2, 0.25) is 5.02 Å². The van der Waals surface area contributed by atoms with E-state index in [0.29, 0.717) is 17.3 Å². The summed E-state index contributed by atoms with van der Waals surface area (Å²) in [5.74, 6) is -0.886. The number of carbonyl (C=O) groups is 2. The standard InChI is InChI=1S/C15H21ClN2O3/c1-10(2)7-18(9-15(20)21)8-14(19)17-13-5-4-12(16)6-11(13)3/h4-6,10H,7-9H2,1-3H3,(H,17,19)(H,20,21). The molecule has 0 aliphatic rings. The molecule has 0 heterocycles. The number of nitrogens with one attached hydrogen (secondary N) is 1. The molecule has 1 aromatic rings. The largest absolute Gasteiger partial charge is 0.480 e. The summed E-state index contributed by atoms with van der Waals surface area (Å²) in [4.78, 5) is 24.5. The Kier molecular flexibility index (Phi) is 6.65. The number of hydrogen-bond donors (Lipinski definition) is 2. The lowest BCUT2D eigenvalue weighted by Crippen LogP contribution is -2.39. The van der Waals surface area contributed by atoms with Crippen molar-refractivity contribution in [1.29, 1.82) is 0 Å². The molecule has 0 bridgehead atoms. The van der Waals surface area contributed by atoms with Crippen molar-refractivity contribution in [2.45, 2.75) is 20.8 Å². The van der Waals surface area contributed by atoms with Crippen LogP contribution in [0.3, 0.4) is 0 Å². The lowest BCUT2D eigenvalue weighted by Gasteiger charge is -2.21. The highest BCUT2D eigenvalue weighted by atomic mass is 35.5. The number of carbonyl (C=O) groups excluding carboxylic acids is 1. The van der Waals surface area contributed by atoms with Gasteiger partial charge >= 0.3 is 5.97 Å². The molecule has 2 N–H and O–H groups in total. The number of anilines is 1. The number of rotatable bonds is 7. The molecule has 1 amide bonds. The van der Waals surface area contributed by atoms with Gasteiger partial charge in [-0.2, -0.15) is 0 Å². The summed E-state index contributed by atoms with van der Waals surface area (Å²) < 4.78 is 0. The summed E-state index contributed by atoms with van der Waals surface area (Å²) in [7, 11) is 0. The molecule has 0 saturated heterocycles. The van der Waals surface area contributed by atoms with Gasteiger partial charge in [-0.1, -0.05) is 25.4 Å². The molecule has 0 unspecified atom stereocenters. The van der Waals surface area contributed by atoms with Crippen LogP contribution >= 0.6 is 11.6 Å². The Hall–Kier alpha value is -1.59. The first-order valence-corrected chi connectivity index (χ1v) is 7.16. The van der Waals surface area contributed by atoms with Gasteiger partial charge in [0.1, 0.15) is 0 Å². The van der Waals surface area contributed by atoms with Crippen LogP contribution in [0.5, 0.6) is 0 Å². The van der Waals surface area contributed by atoms with E-state index >= 15 is 0 Å². The van der Waals surface area contributed by atoms with E-state index in [4.69, 9.17) is 16.7 Å². The van der Waals surface area contributed by atoms with Gasteiger partial charge in [-0.15, -0.1) is 0 Å². The second kappa shape index (κ2) is 8.00.